The van der Waals surface area contributed by atoms with E-state index < -0.39 is 0 Å². The van der Waals surface area contributed by atoms with Crippen LogP contribution in [-0.2, 0) is 11.3 Å². The maximum atomic E-state index is 14.2. The van der Waals surface area contributed by atoms with Crippen LogP contribution in [0.5, 0.6) is 5.75 Å². The van der Waals surface area contributed by atoms with E-state index >= 15 is 0 Å². The lowest BCUT2D eigenvalue weighted by atomic mass is 10.1. The van der Waals surface area contributed by atoms with Gasteiger partial charge in [0.1, 0.15) is 11.6 Å². The van der Waals surface area contributed by atoms with Gasteiger partial charge in [0.25, 0.3) is 0 Å². The molecule has 0 N–H and O–H groups in total. The Morgan fingerprint density at radius 3 is 2.70 bits per heavy atom. The smallest absolute Gasteiger partial charge is 0.227 e. The summed E-state index contributed by atoms with van der Waals surface area (Å²) in [6.45, 7) is 3.57. The molecule has 0 radical (unpaired) electrons. The van der Waals surface area contributed by atoms with Crippen LogP contribution in [0, 0.1) is 11.7 Å². The molecule has 0 aromatic heterocycles. The lowest BCUT2D eigenvalue weighted by molar-refractivity contribution is -0.133. The highest BCUT2D eigenvalue weighted by atomic mass is 19.1. The van der Waals surface area contributed by atoms with Crippen molar-refractivity contribution in [1.82, 2.24) is 14.7 Å². The zero-order valence-electron chi connectivity index (χ0n) is 14.4. The van der Waals surface area contributed by atoms with Crippen molar-refractivity contribution in [3.8, 4) is 5.75 Å². The minimum absolute atomic E-state index is 0.0844. The molecule has 6 heteroatoms. The van der Waals surface area contributed by atoms with Crippen molar-refractivity contribution < 1.29 is 13.9 Å². The highest BCUT2D eigenvalue weighted by molar-refractivity contribution is 5.78. The lowest BCUT2D eigenvalue weighted by Crippen LogP contribution is -2.40. The van der Waals surface area contributed by atoms with E-state index in [2.05, 4.69) is 9.80 Å². The Balaban J connectivity index is 2.10. The summed E-state index contributed by atoms with van der Waals surface area (Å²) in [5.41, 5.74) is 0.631. The molecule has 128 valence electrons. The van der Waals surface area contributed by atoms with Crippen molar-refractivity contribution in [2.75, 3.05) is 54.4 Å². The first-order valence-corrected chi connectivity index (χ1v) is 7.85. The van der Waals surface area contributed by atoms with Crippen LogP contribution >= 0.6 is 0 Å². The lowest BCUT2D eigenvalue weighted by Gasteiger charge is -2.25. The molecule has 2 rings (SSSR count). The summed E-state index contributed by atoms with van der Waals surface area (Å²) in [7, 11) is 7.10. The van der Waals surface area contributed by atoms with E-state index in [1.54, 1.807) is 31.1 Å². The average Bonchev–Trinajstić information content (AvgIpc) is 2.70. The van der Waals surface area contributed by atoms with E-state index in [9.17, 15) is 9.18 Å². The SMILES string of the molecule is COc1ccc(CN2CCN(C)C[C@H](C(=O)N(C)C)C2)c(F)c1. The first kappa shape index (κ1) is 17.7. The van der Waals surface area contributed by atoms with Gasteiger partial charge >= 0.3 is 0 Å². The maximum Gasteiger partial charge on any atom is 0.227 e. The number of ether oxygens (including phenoxy) is 1. The molecule has 1 amide bonds. The summed E-state index contributed by atoms with van der Waals surface area (Å²) in [6.07, 6.45) is 0. The molecule has 1 heterocycles. The first-order chi connectivity index (χ1) is 10.9. The summed E-state index contributed by atoms with van der Waals surface area (Å²) in [5.74, 6) is 0.290. The number of benzene rings is 1. The van der Waals surface area contributed by atoms with E-state index in [1.165, 1.54) is 13.2 Å². The van der Waals surface area contributed by atoms with Crippen LogP contribution in [0.3, 0.4) is 0 Å². The van der Waals surface area contributed by atoms with Crippen LogP contribution < -0.4 is 4.74 Å². The number of carbonyl (C=O) groups excluding carboxylic acids is 1. The Kier molecular flexibility index (Phi) is 5.96. The van der Waals surface area contributed by atoms with Gasteiger partial charge in [-0.15, -0.1) is 0 Å². The van der Waals surface area contributed by atoms with Crippen molar-refractivity contribution in [2.45, 2.75) is 6.54 Å². The Morgan fingerprint density at radius 1 is 1.35 bits per heavy atom. The molecule has 0 bridgehead atoms. The van der Waals surface area contributed by atoms with E-state index in [4.69, 9.17) is 4.74 Å². The molecular formula is C17H26FN3O2. The van der Waals surface area contributed by atoms with E-state index in [1.807, 2.05) is 7.05 Å². The molecule has 1 saturated heterocycles. The fourth-order valence-electron chi connectivity index (χ4n) is 2.93. The monoisotopic (exact) mass is 323 g/mol. The van der Waals surface area contributed by atoms with Crippen LogP contribution in [0.2, 0.25) is 0 Å². The van der Waals surface area contributed by atoms with Gasteiger partial charge in [-0.25, -0.2) is 4.39 Å². The van der Waals surface area contributed by atoms with Gasteiger partial charge in [-0.1, -0.05) is 6.07 Å². The molecule has 0 spiro atoms. The average molecular weight is 323 g/mol. The molecule has 1 atom stereocenters. The van der Waals surface area contributed by atoms with Gasteiger partial charge in [0, 0.05) is 58.4 Å². The molecule has 0 aliphatic carbocycles. The molecule has 1 aliphatic heterocycles. The van der Waals surface area contributed by atoms with Crippen molar-refractivity contribution >= 4 is 5.91 Å². The van der Waals surface area contributed by atoms with Crippen LogP contribution in [0.4, 0.5) is 4.39 Å². The van der Waals surface area contributed by atoms with E-state index in [-0.39, 0.29) is 17.6 Å². The number of halogens is 1. The van der Waals surface area contributed by atoms with Crippen LogP contribution in [0.1, 0.15) is 5.56 Å². The van der Waals surface area contributed by atoms with Crippen molar-refractivity contribution in [3.05, 3.63) is 29.6 Å². The highest BCUT2D eigenvalue weighted by Crippen LogP contribution is 2.19. The highest BCUT2D eigenvalue weighted by Gasteiger charge is 2.27. The normalized spacial score (nSPS) is 20.1. The number of likely N-dealkylation sites (N-methyl/N-ethyl adjacent to an activating group) is 1. The van der Waals surface area contributed by atoms with Gasteiger partial charge in [-0.2, -0.15) is 0 Å². The third-order valence-electron chi connectivity index (χ3n) is 4.25. The largest absolute Gasteiger partial charge is 0.497 e. The number of carbonyl (C=O) groups is 1. The summed E-state index contributed by atoms with van der Waals surface area (Å²) in [4.78, 5) is 18.3. The quantitative estimate of drug-likeness (QED) is 0.836. The second-order valence-electron chi connectivity index (χ2n) is 6.38. The van der Waals surface area contributed by atoms with Crippen LogP contribution in [0.25, 0.3) is 0 Å². The fourth-order valence-corrected chi connectivity index (χ4v) is 2.93. The topological polar surface area (TPSA) is 36.0 Å². The Bertz CT molecular complexity index is 551. The summed E-state index contributed by atoms with van der Waals surface area (Å²) >= 11 is 0. The molecular weight excluding hydrogens is 297 g/mol. The van der Waals surface area contributed by atoms with Gasteiger partial charge < -0.3 is 14.5 Å². The number of hydrogen-bond acceptors (Lipinski definition) is 4. The first-order valence-electron chi connectivity index (χ1n) is 7.85. The van der Waals surface area contributed by atoms with Crippen molar-refractivity contribution in [1.29, 1.82) is 0 Å². The van der Waals surface area contributed by atoms with Gasteiger partial charge in [0.2, 0.25) is 5.91 Å². The van der Waals surface area contributed by atoms with Crippen molar-refractivity contribution in [2.24, 2.45) is 5.92 Å². The van der Waals surface area contributed by atoms with Crippen LogP contribution in [0.15, 0.2) is 18.2 Å². The van der Waals surface area contributed by atoms with Gasteiger partial charge in [0.05, 0.1) is 13.0 Å². The minimum atomic E-state index is -0.266. The Labute approximate surface area is 137 Å². The van der Waals surface area contributed by atoms with Gasteiger partial charge in [0.15, 0.2) is 0 Å². The summed E-state index contributed by atoms with van der Waals surface area (Å²) in [6, 6.07) is 4.93. The second-order valence-corrected chi connectivity index (χ2v) is 6.38. The molecule has 1 aliphatic rings. The summed E-state index contributed by atoms with van der Waals surface area (Å²) < 4.78 is 19.2. The standard InChI is InChI=1S/C17H26FN3O2/c1-19(2)17(22)14-10-20(3)7-8-21(12-14)11-13-5-6-15(23-4)9-16(13)18/h5-6,9,14H,7-8,10-12H2,1-4H3/t14-/m0/s1. The molecule has 0 saturated carbocycles. The maximum absolute atomic E-state index is 14.2. The molecule has 1 fully saturated rings. The minimum Gasteiger partial charge on any atom is -0.497 e. The Morgan fingerprint density at radius 2 is 2.09 bits per heavy atom. The van der Waals surface area contributed by atoms with Gasteiger partial charge in [-0.05, 0) is 13.1 Å². The number of amides is 1. The number of nitrogens with zero attached hydrogens (tertiary/aromatic N) is 3. The molecule has 23 heavy (non-hydrogen) atoms. The molecule has 5 nitrogen and oxygen atoms in total. The molecule has 1 aromatic rings. The van der Waals surface area contributed by atoms with E-state index in [0.29, 0.717) is 24.4 Å². The summed E-state index contributed by atoms with van der Waals surface area (Å²) in [5, 5.41) is 0. The third kappa shape index (κ3) is 4.65. The second kappa shape index (κ2) is 7.75. The molecule has 0 unspecified atom stereocenters. The van der Waals surface area contributed by atoms with Gasteiger partial charge in [-0.3, -0.25) is 9.69 Å². The third-order valence-corrected chi connectivity index (χ3v) is 4.25. The number of methoxy groups -OCH3 is 1. The predicted octanol–water partition coefficient (Wildman–Crippen LogP) is 1.29. The molecule has 1 aromatic carbocycles. The zero-order valence-corrected chi connectivity index (χ0v) is 14.4. The van der Waals surface area contributed by atoms with Crippen molar-refractivity contribution in [3.63, 3.8) is 0 Å². The number of rotatable bonds is 4. The fraction of sp³-hybridized carbons (Fsp3) is 0.588. The Hall–Kier alpha value is -1.66. The van der Waals surface area contributed by atoms with E-state index in [0.717, 1.165) is 19.6 Å². The predicted molar refractivity (Wildman–Crippen MR) is 87.9 cm³/mol. The van der Waals surface area contributed by atoms with Crippen LogP contribution in [-0.4, -0.2) is 75.0 Å². The zero-order chi connectivity index (χ0) is 17.0. The number of hydrogen-bond donors (Lipinski definition) is 0.